The molecule has 0 saturated carbocycles. The van der Waals surface area contributed by atoms with Crippen LogP contribution in [0.25, 0.3) is 0 Å². The summed E-state index contributed by atoms with van der Waals surface area (Å²) in [5.41, 5.74) is 3.68. The van der Waals surface area contributed by atoms with Crippen molar-refractivity contribution in [3.8, 4) is 5.75 Å². The van der Waals surface area contributed by atoms with Crippen molar-refractivity contribution >= 4 is 5.82 Å². The van der Waals surface area contributed by atoms with Gasteiger partial charge in [0.05, 0.1) is 12.2 Å². The fraction of sp³-hybridized carbons (Fsp3) is 0.444. The van der Waals surface area contributed by atoms with Crippen LogP contribution in [0.1, 0.15) is 23.7 Å². The third-order valence-corrected chi connectivity index (χ3v) is 4.22. The number of likely N-dealkylation sites (N-methyl/N-ethyl adjacent to an activating group) is 1. The third kappa shape index (κ3) is 3.79. The maximum atomic E-state index is 5.89. The summed E-state index contributed by atoms with van der Waals surface area (Å²) in [5.74, 6) is 1.97. The average Bonchev–Trinajstić information content (AvgIpc) is 2.61. The van der Waals surface area contributed by atoms with Gasteiger partial charge in [0.1, 0.15) is 24.5 Å². The summed E-state index contributed by atoms with van der Waals surface area (Å²) in [4.78, 5) is 11.0. The molecule has 0 fully saturated rings. The smallest absolute Gasteiger partial charge is 0.135 e. The minimum absolute atomic E-state index is 0.640. The average molecular weight is 312 g/mol. The maximum absolute atomic E-state index is 5.89. The molecule has 0 aliphatic carbocycles. The van der Waals surface area contributed by atoms with Gasteiger partial charge in [-0.25, -0.2) is 9.97 Å². The van der Waals surface area contributed by atoms with E-state index >= 15 is 0 Å². The predicted octanol–water partition coefficient (Wildman–Crippen LogP) is 2.20. The first-order valence-electron chi connectivity index (χ1n) is 8.24. The number of nitrogens with zero attached hydrogens (tertiary/aromatic N) is 3. The molecule has 0 spiro atoms. The van der Waals surface area contributed by atoms with Crippen LogP contribution in [0.2, 0.25) is 0 Å². The zero-order chi connectivity index (χ0) is 16.1. The van der Waals surface area contributed by atoms with Gasteiger partial charge in [-0.3, -0.25) is 0 Å². The molecule has 1 aliphatic heterocycles. The third-order valence-electron chi connectivity index (χ3n) is 4.22. The molecule has 1 aromatic carbocycles. The van der Waals surface area contributed by atoms with Crippen molar-refractivity contribution in [2.75, 3.05) is 31.6 Å². The predicted molar refractivity (Wildman–Crippen MR) is 92.0 cm³/mol. The van der Waals surface area contributed by atoms with E-state index in [0.29, 0.717) is 6.61 Å². The van der Waals surface area contributed by atoms with Gasteiger partial charge in [0, 0.05) is 19.2 Å². The molecule has 0 bridgehead atoms. The number of benzene rings is 1. The van der Waals surface area contributed by atoms with Crippen LogP contribution >= 0.6 is 0 Å². The van der Waals surface area contributed by atoms with Crippen LogP contribution < -0.4 is 15.0 Å². The summed E-state index contributed by atoms with van der Waals surface area (Å²) in [6, 6.07) is 8.29. The Balaban J connectivity index is 1.60. The molecular weight excluding hydrogens is 288 g/mol. The van der Waals surface area contributed by atoms with Crippen LogP contribution in [-0.4, -0.2) is 36.7 Å². The van der Waals surface area contributed by atoms with Gasteiger partial charge in [-0.15, -0.1) is 0 Å². The first-order chi connectivity index (χ1) is 11.3. The van der Waals surface area contributed by atoms with Crippen molar-refractivity contribution in [3.63, 3.8) is 0 Å². The Kier molecular flexibility index (Phi) is 5.08. The van der Waals surface area contributed by atoms with E-state index < -0.39 is 0 Å². The quantitative estimate of drug-likeness (QED) is 0.886. The lowest BCUT2D eigenvalue weighted by Crippen LogP contribution is -2.30. The normalized spacial score (nSPS) is 13.5. The van der Waals surface area contributed by atoms with Gasteiger partial charge < -0.3 is 15.0 Å². The lowest BCUT2D eigenvalue weighted by Gasteiger charge is -2.25. The Morgan fingerprint density at radius 3 is 3.09 bits per heavy atom. The van der Waals surface area contributed by atoms with E-state index in [2.05, 4.69) is 46.3 Å². The maximum Gasteiger partial charge on any atom is 0.135 e. The second-order valence-corrected chi connectivity index (χ2v) is 5.82. The monoisotopic (exact) mass is 312 g/mol. The van der Waals surface area contributed by atoms with Crippen LogP contribution in [0.3, 0.4) is 0 Å². The summed E-state index contributed by atoms with van der Waals surface area (Å²) >= 11 is 0. The molecule has 0 unspecified atom stereocenters. The van der Waals surface area contributed by atoms with Crippen molar-refractivity contribution in [3.05, 3.63) is 47.4 Å². The summed E-state index contributed by atoms with van der Waals surface area (Å²) in [6.45, 7) is 5.41. The van der Waals surface area contributed by atoms with Crippen molar-refractivity contribution in [2.24, 2.45) is 0 Å². The van der Waals surface area contributed by atoms with E-state index in [1.807, 2.05) is 12.1 Å². The van der Waals surface area contributed by atoms with Gasteiger partial charge in [-0.2, -0.15) is 0 Å². The van der Waals surface area contributed by atoms with Gasteiger partial charge in [-0.05, 0) is 37.1 Å². The first kappa shape index (κ1) is 15.7. The number of rotatable bonds is 6. The van der Waals surface area contributed by atoms with Crippen LogP contribution in [0.5, 0.6) is 5.75 Å². The van der Waals surface area contributed by atoms with E-state index in [0.717, 1.165) is 49.7 Å². The van der Waals surface area contributed by atoms with Crippen LogP contribution in [0.15, 0.2) is 30.6 Å². The van der Waals surface area contributed by atoms with E-state index in [4.69, 9.17) is 4.74 Å². The summed E-state index contributed by atoms with van der Waals surface area (Å²) in [5, 5.41) is 3.35. The zero-order valence-electron chi connectivity index (χ0n) is 13.9. The Morgan fingerprint density at radius 2 is 2.22 bits per heavy atom. The second-order valence-electron chi connectivity index (χ2n) is 5.82. The molecule has 0 atom stereocenters. The summed E-state index contributed by atoms with van der Waals surface area (Å²) in [6.07, 6.45) is 3.66. The molecule has 3 rings (SSSR count). The van der Waals surface area contributed by atoms with Crippen molar-refractivity contribution < 1.29 is 4.74 Å². The number of fused-ring (bicyclic) bond motifs is 1. The van der Waals surface area contributed by atoms with Crippen LogP contribution in [0.4, 0.5) is 5.82 Å². The lowest BCUT2D eigenvalue weighted by atomic mass is 10.1. The fourth-order valence-corrected chi connectivity index (χ4v) is 2.86. The number of ether oxygens (including phenoxy) is 1. The minimum Gasteiger partial charge on any atom is -0.492 e. The highest BCUT2D eigenvalue weighted by molar-refractivity contribution is 5.49. The zero-order valence-corrected chi connectivity index (χ0v) is 13.9. The molecule has 0 saturated heterocycles. The van der Waals surface area contributed by atoms with Crippen LogP contribution in [0, 0.1) is 0 Å². The standard InChI is InChI=1S/C18H24N4O/c1-3-14-5-4-6-15(11-14)23-10-9-22(2)18-16-7-8-19-12-17(16)20-13-21-18/h4-6,11,13,19H,3,7-10,12H2,1-2H3. The van der Waals surface area contributed by atoms with E-state index in [1.54, 1.807) is 6.33 Å². The Labute approximate surface area is 137 Å². The summed E-state index contributed by atoms with van der Waals surface area (Å²) in [7, 11) is 2.07. The molecular formula is C18H24N4O. The molecule has 5 nitrogen and oxygen atoms in total. The Hall–Kier alpha value is -2.14. The largest absolute Gasteiger partial charge is 0.492 e. The minimum atomic E-state index is 0.640. The highest BCUT2D eigenvalue weighted by Gasteiger charge is 2.17. The molecule has 0 radical (unpaired) electrons. The topological polar surface area (TPSA) is 50.3 Å². The molecule has 1 aromatic heterocycles. The number of anilines is 1. The molecule has 2 aromatic rings. The van der Waals surface area contributed by atoms with Gasteiger partial charge in [0.15, 0.2) is 0 Å². The number of hydrogen-bond acceptors (Lipinski definition) is 5. The Bertz CT molecular complexity index is 659. The number of hydrogen-bond donors (Lipinski definition) is 1. The van der Waals surface area contributed by atoms with Crippen molar-refractivity contribution in [1.82, 2.24) is 15.3 Å². The van der Waals surface area contributed by atoms with Gasteiger partial charge in [-0.1, -0.05) is 19.1 Å². The van der Waals surface area contributed by atoms with Gasteiger partial charge in [0.25, 0.3) is 0 Å². The highest BCUT2D eigenvalue weighted by atomic mass is 16.5. The van der Waals surface area contributed by atoms with Crippen molar-refractivity contribution in [1.29, 1.82) is 0 Å². The van der Waals surface area contributed by atoms with E-state index in [1.165, 1.54) is 11.1 Å². The van der Waals surface area contributed by atoms with E-state index in [9.17, 15) is 0 Å². The van der Waals surface area contributed by atoms with E-state index in [-0.39, 0.29) is 0 Å². The molecule has 1 aliphatic rings. The first-order valence-corrected chi connectivity index (χ1v) is 8.24. The SMILES string of the molecule is CCc1cccc(OCCN(C)c2ncnc3c2CCNC3)c1. The molecule has 122 valence electrons. The van der Waals surface area contributed by atoms with Crippen molar-refractivity contribution in [2.45, 2.75) is 26.3 Å². The number of nitrogens with one attached hydrogen (secondary N) is 1. The highest BCUT2D eigenvalue weighted by Crippen LogP contribution is 2.21. The van der Waals surface area contributed by atoms with Crippen LogP contribution in [-0.2, 0) is 19.4 Å². The second kappa shape index (κ2) is 7.42. The van der Waals surface area contributed by atoms with Gasteiger partial charge in [0.2, 0.25) is 0 Å². The lowest BCUT2D eigenvalue weighted by molar-refractivity contribution is 0.325. The fourth-order valence-electron chi connectivity index (χ4n) is 2.86. The molecule has 2 heterocycles. The molecule has 0 amide bonds. The Morgan fingerprint density at radius 1 is 1.30 bits per heavy atom. The number of aryl methyl sites for hydroxylation is 1. The van der Waals surface area contributed by atoms with Gasteiger partial charge >= 0.3 is 0 Å². The summed E-state index contributed by atoms with van der Waals surface area (Å²) < 4.78 is 5.89. The molecule has 23 heavy (non-hydrogen) atoms. The molecule has 5 heteroatoms. The molecule has 1 N–H and O–H groups in total. The number of aromatic nitrogens is 2.